The van der Waals surface area contributed by atoms with Crippen molar-refractivity contribution < 1.29 is 4.79 Å². The zero-order chi connectivity index (χ0) is 19.7. The Hall–Kier alpha value is -3.06. The molecule has 0 radical (unpaired) electrons. The Morgan fingerprint density at radius 1 is 1.25 bits per heavy atom. The molecule has 0 aliphatic rings. The number of carbonyl (C=O) groups is 1. The van der Waals surface area contributed by atoms with Crippen LogP contribution in [0.4, 0.5) is 5.13 Å². The van der Waals surface area contributed by atoms with Crippen LogP contribution < -0.4 is 4.90 Å². The number of pyridine rings is 1. The Labute approximate surface area is 167 Å². The van der Waals surface area contributed by atoms with E-state index >= 15 is 0 Å². The normalized spacial score (nSPS) is 11.1. The van der Waals surface area contributed by atoms with Crippen molar-refractivity contribution in [3.05, 3.63) is 71.3 Å². The van der Waals surface area contributed by atoms with E-state index in [0.717, 1.165) is 27.9 Å². The molecule has 0 saturated carbocycles. The smallest absolute Gasteiger partial charge is 0.278 e. The van der Waals surface area contributed by atoms with Crippen LogP contribution in [0.2, 0.25) is 0 Å². The van der Waals surface area contributed by atoms with Gasteiger partial charge in [-0.1, -0.05) is 36.5 Å². The summed E-state index contributed by atoms with van der Waals surface area (Å²) >= 11 is 1.53. The van der Waals surface area contributed by atoms with Crippen LogP contribution in [0.5, 0.6) is 0 Å². The molecule has 6 nitrogen and oxygen atoms in total. The summed E-state index contributed by atoms with van der Waals surface area (Å²) in [6, 6.07) is 11.8. The molecule has 0 aliphatic carbocycles. The lowest BCUT2D eigenvalue weighted by Crippen LogP contribution is -2.30. The minimum absolute atomic E-state index is 0.162. The number of carbonyl (C=O) groups excluding carboxylic acids is 1. The van der Waals surface area contributed by atoms with Crippen LogP contribution >= 0.6 is 11.3 Å². The number of hydrogen-bond acceptors (Lipinski definition) is 5. The molecule has 0 unspecified atom stereocenters. The number of thiazole rings is 1. The van der Waals surface area contributed by atoms with E-state index in [0.29, 0.717) is 17.4 Å². The van der Waals surface area contributed by atoms with E-state index in [2.05, 4.69) is 23.1 Å². The first-order chi connectivity index (χ1) is 13.6. The van der Waals surface area contributed by atoms with Gasteiger partial charge >= 0.3 is 0 Å². The van der Waals surface area contributed by atoms with Gasteiger partial charge < -0.3 is 0 Å². The second-order valence-corrected chi connectivity index (χ2v) is 7.67. The van der Waals surface area contributed by atoms with E-state index in [-0.39, 0.29) is 5.91 Å². The predicted molar refractivity (Wildman–Crippen MR) is 112 cm³/mol. The lowest BCUT2D eigenvalue weighted by atomic mass is 10.1. The molecule has 4 rings (SSSR count). The monoisotopic (exact) mass is 391 g/mol. The number of hydrogen-bond donors (Lipinski definition) is 0. The van der Waals surface area contributed by atoms with Crippen molar-refractivity contribution in [1.29, 1.82) is 0 Å². The van der Waals surface area contributed by atoms with Crippen molar-refractivity contribution >= 4 is 32.6 Å². The fraction of sp³-hybridized carbons (Fsp3) is 0.238. The van der Waals surface area contributed by atoms with Gasteiger partial charge in [-0.2, -0.15) is 5.10 Å². The van der Waals surface area contributed by atoms with Gasteiger partial charge in [0.2, 0.25) is 0 Å². The average molecular weight is 392 g/mol. The van der Waals surface area contributed by atoms with E-state index < -0.39 is 0 Å². The largest absolute Gasteiger partial charge is 0.280 e. The number of anilines is 1. The predicted octanol–water partition coefficient (Wildman–Crippen LogP) is 4.14. The Balaban J connectivity index is 1.79. The van der Waals surface area contributed by atoms with Crippen molar-refractivity contribution in [1.82, 2.24) is 19.7 Å². The van der Waals surface area contributed by atoms with Crippen LogP contribution in [0.25, 0.3) is 10.2 Å². The number of aromatic nitrogens is 4. The van der Waals surface area contributed by atoms with Crippen molar-refractivity contribution in [2.75, 3.05) is 4.90 Å². The summed E-state index contributed by atoms with van der Waals surface area (Å²) in [5.74, 6) is -0.162. The summed E-state index contributed by atoms with van der Waals surface area (Å²) in [6.45, 7) is 4.44. The average Bonchev–Trinajstić information content (AvgIpc) is 3.29. The highest BCUT2D eigenvalue weighted by atomic mass is 32.1. The number of aryl methyl sites for hydroxylation is 3. The molecule has 3 aromatic heterocycles. The maximum atomic E-state index is 13.3. The number of nitrogens with zero attached hydrogens (tertiary/aromatic N) is 5. The molecule has 0 N–H and O–H groups in total. The van der Waals surface area contributed by atoms with E-state index in [9.17, 15) is 4.79 Å². The molecule has 0 saturated heterocycles. The van der Waals surface area contributed by atoms with Crippen LogP contribution in [0.1, 0.15) is 34.2 Å². The lowest BCUT2D eigenvalue weighted by Gasteiger charge is -2.18. The fourth-order valence-electron chi connectivity index (χ4n) is 3.10. The maximum Gasteiger partial charge on any atom is 0.280 e. The standard InChI is InChI=1S/C21H21N5OS/c1-4-16-8-5-9-18-19(16)23-21(28-18)26(13-15-7-6-10-22-12-15)20(27)17-11-14(2)25(3)24-17/h5-12H,4,13H2,1-3H3. The number of rotatable bonds is 5. The second-order valence-electron chi connectivity index (χ2n) is 6.66. The van der Waals surface area contributed by atoms with Crippen LogP contribution in [-0.2, 0) is 20.0 Å². The second kappa shape index (κ2) is 7.52. The van der Waals surface area contributed by atoms with Gasteiger partial charge in [0.25, 0.3) is 5.91 Å². The minimum atomic E-state index is -0.162. The Kier molecular flexibility index (Phi) is 4.92. The molecule has 4 aromatic rings. The maximum absolute atomic E-state index is 13.3. The summed E-state index contributed by atoms with van der Waals surface area (Å²) in [5.41, 5.74) is 4.44. The molecule has 0 fully saturated rings. The molecule has 1 amide bonds. The van der Waals surface area contributed by atoms with Gasteiger partial charge in [0.05, 0.1) is 16.8 Å². The van der Waals surface area contributed by atoms with Gasteiger partial charge in [0, 0.05) is 25.1 Å². The van der Waals surface area contributed by atoms with Crippen molar-refractivity contribution in [2.45, 2.75) is 26.8 Å². The molecule has 0 bridgehead atoms. The summed E-state index contributed by atoms with van der Waals surface area (Å²) in [7, 11) is 1.84. The highest BCUT2D eigenvalue weighted by molar-refractivity contribution is 7.22. The van der Waals surface area contributed by atoms with E-state index in [1.807, 2.05) is 44.3 Å². The zero-order valence-electron chi connectivity index (χ0n) is 16.1. The number of amides is 1. The first-order valence-electron chi connectivity index (χ1n) is 9.16. The zero-order valence-corrected chi connectivity index (χ0v) is 16.9. The fourth-order valence-corrected chi connectivity index (χ4v) is 4.11. The van der Waals surface area contributed by atoms with Gasteiger partial charge in [0.1, 0.15) is 0 Å². The Morgan fingerprint density at radius 3 is 2.79 bits per heavy atom. The molecule has 142 valence electrons. The first-order valence-corrected chi connectivity index (χ1v) is 9.98. The highest BCUT2D eigenvalue weighted by Crippen LogP contribution is 2.32. The number of fused-ring (bicyclic) bond motifs is 1. The van der Waals surface area contributed by atoms with Crippen LogP contribution in [-0.4, -0.2) is 25.7 Å². The van der Waals surface area contributed by atoms with Gasteiger partial charge in [-0.15, -0.1) is 0 Å². The highest BCUT2D eigenvalue weighted by Gasteiger charge is 2.24. The molecular formula is C21H21N5OS. The third-order valence-corrected chi connectivity index (χ3v) is 5.79. The summed E-state index contributed by atoms with van der Waals surface area (Å²) in [6.07, 6.45) is 4.40. The number of para-hydroxylation sites is 1. The van der Waals surface area contributed by atoms with Crippen molar-refractivity contribution in [3.63, 3.8) is 0 Å². The van der Waals surface area contributed by atoms with Crippen LogP contribution in [0.3, 0.4) is 0 Å². The molecule has 0 aliphatic heterocycles. The van der Waals surface area contributed by atoms with E-state index in [4.69, 9.17) is 4.98 Å². The van der Waals surface area contributed by atoms with Crippen LogP contribution in [0.15, 0.2) is 48.8 Å². The third-order valence-electron chi connectivity index (χ3n) is 4.74. The number of benzene rings is 1. The van der Waals surface area contributed by atoms with Crippen molar-refractivity contribution in [3.8, 4) is 0 Å². The molecule has 28 heavy (non-hydrogen) atoms. The molecule has 3 heterocycles. The minimum Gasteiger partial charge on any atom is -0.278 e. The van der Waals surface area contributed by atoms with Gasteiger partial charge in [-0.3, -0.25) is 19.4 Å². The first kappa shape index (κ1) is 18.3. The van der Waals surface area contributed by atoms with Gasteiger partial charge in [-0.25, -0.2) is 4.98 Å². The van der Waals surface area contributed by atoms with E-state index in [1.165, 1.54) is 16.9 Å². The van der Waals surface area contributed by atoms with Crippen LogP contribution in [0, 0.1) is 6.92 Å². The SMILES string of the molecule is CCc1cccc2sc(N(Cc3cccnc3)C(=O)c3cc(C)n(C)n3)nc12. The molecular weight excluding hydrogens is 370 g/mol. The Morgan fingerprint density at radius 2 is 2.11 bits per heavy atom. The van der Waals surface area contributed by atoms with E-state index in [1.54, 1.807) is 22.0 Å². The lowest BCUT2D eigenvalue weighted by molar-refractivity contribution is 0.0979. The molecule has 7 heteroatoms. The summed E-state index contributed by atoms with van der Waals surface area (Å²) < 4.78 is 2.79. The Bertz CT molecular complexity index is 1110. The van der Waals surface area contributed by atoms with Crippen molar-refractivity contribution in [2.24, 2.45) is 7.05 Å². The topological polar surface area (TPSA) is 63.9 Å². The molecule has 1 aromatic carbocycles. The summed E-state index contributed by atoms with van der Waals surface area (Å²) in [5, 5.41) is 5.05. The quantitative estimate of drug-likeness (QED) is 0.513. The summed E-state index contributed by atoms with van der Waals surface area (Å²) in [4.78, 5) is 24.0. The van der Waals surface area contributed by atoms with Gasteiger partial charge in [-0.05, 0) is 42.7 Å². The third kappa shape index (κ3) is 3.41. The van der Waals surface area contributed by atoms with Gasteiger partial charge in [0.15, 0.2) is 10.8 Å². The molecule has 0 atom stereocenters. The molecule has 0 spiro atoms.